The molecule has 3 N–H and O–H groups in total. The maximum Gasteiger partial charge on any atom is 0.417 e. The van der Waals surface area contributed by atoms with Crippen LogP contribution in [0.1, 0.15) is 42.0 Å². The average Bonchev–Trinajstić information content (AvgIpc) is 3.03. The van der Waals surface area contributed by atoms with E-state index in [1.807, 2.05) is 6.07 Å². The molecule has 3 aromatic carbocycles. The first-order valence-electron chi connectivity index (χ1n) is 14.9. The molecule has 1 aliphatic rings. The quantitative estimate of drug-likeness (QED) is 0.236. The van der Waals surface area contributed by atoms with Gasteiger partial charge < -0.3 is 20.1 Å². The third-order valence-electron chi connectivity index (χ3n) is 8.01. The van der Waals surface area contributed by atoms with Crippen molar-refractivity contribution < 1.29 is 41.0 Å². The minimum atomic E-state index is -4.85. The molecule has 1 heterocycles. The molecule has 0 radical (unpaired) electrons. The number of carbonyl (C=O) groups is 2. The molecule has 0 saturated carbocycles. The Hall–Kier alpha value is -4.71. The van der Waals surface area contributed by atoms with Gasteiger partial charge in [0.25, 0.3) is 5.91 Å². The Bertz CT molecular complexity index is 1830. The molecule has 3 aromatic rings. The van der Waals surface area contributed by atoms with Crippen LogP contribution in [0.25, 0.3) is 11.1 Å². The van der Waals surface area contributed by atoms with Crippen molar-refractivity contribution in [3.05, 3.63) is 101 Å². The van der Waals surface area contributed by atoms with Crippen LogP contribution in [-0.4, -0.2) is 55.4 Å². The molecule has 48 heavy (non-hydrogen) atoms. The molecule has 1 unspecified atom stereocenters. The van der Waals surface area contributed by atoms with Gasteiger partial charge in [-0.05, 0) is 60.2 Å². The van der Waals surface area contributed by atoms with Gasteiger partial charge in [0.15, 0.2) is 0 Å². The Morgan fingerprint density at radius 3 is 2.29 bits per heavy atom. The van der Waals surface area contributed by atoms with E-state index in [0.717, 1.165) is 35.1 Å². The number of hydrogen-bond donors (Lipinski definition) is 3. The summed E-state index contributed by atoms with van der Waals surface area (Å²) in [6.45, 7) is 5.52. The van der Waals surface area contributed by atoms with Crippen LogP contribution in [0, 0.1) is 17.2 Å². The predicted octanol–water partition coefficient (Wildman–Crippen LogP) is 5.59. The van der Waals surface area contributed by atoms with Gasteiger partial charge in [0.1, 0.15) is 5.60 Å². The summed E-state index contributed by atoms with van der Waals surface area (Å²) in [5, 5.41) is 23.7. The van der Waals surface area contributed by atoms with E-state index < -0.39 is 50.8 Å². The van der Waals surface area contributed by atoms with Crippen molar-refractivity contribution in [1.82, 2.24) is 9.62 Å². The lowest BCUT2D eigenvalue weighted by Gasteiger charge is -2.40. The summed E-state index contributed by atoms with van der Waals surface area (Å²) in [7, 11) is -3.37. The fourth-order valence-corrected chi connectivity index (χ4v) is 5.99. The molecule has 1 fully saturated rings. The molecule has 0 aliphatic carbocycles. The maximum atomic E-state index is 13.9. The van der Waals surface area contributed by atoms with Crippen molar-refractivity contribution in [3.63, 3.8) is 0 Å². The van der Waals surface area contributed by atoms with Gasteiger partial charge in [-0.25, -0.2) is 17.9 Å². The second-order valence-electron chi connectivity index (χ2n) is 11.7. The molecule has 1 saturated heterocycles. The highest BCUT2D eigenvalue weighted by Crippen LogP contribution is 2.36. The van der Waals surface area contributed by atoms with Crippen molar-refractivity contribution in [2.24, 2.45) is 5.92 Å². The van der Waals surface area contributed by atoms with Gasteiger partial charge in [0.2, 0.25) is 10.0 Å². The molecular weight excluding hydrogens is 649 g/mol. The van der Waals surface area contributed by atoms with Crippen molar-refractivity contribution in [3.8, 4) is 17.2 Å². The van der Waals surface area contributed by atoms with Gasteiger partial charge in [0.05, 0.1) is 29.2 Å². The van der Waals surface area contributed by atoms with Crippen LogP contribution >= 0.6 is 0 Å². The highest BCUT2D eigenvalue weighted by molar-refractivity contribution is 7.88. The highest BCUT2D eigenvalue weighted by Gasteiger charge is 2.46. The first kappa shape index (κ1) is 36.1. The van der Waals surface area contributed by atoms with E-state index in [1.165, 1.54) is 17.9 Å². The van der Waals surface area contributed by atoms with E-state index in [9.17, 15) is 36.3 Å². The van der Waals surface area contributed by atoms with Crippen LogP contribution in [0.3, 0.4) is 0 Å². The second-order valence-corrected chi connectivity index (χ2v) is 13.6. The molecule has 254 valence electrons. The standard InChI is InChI=1S/C34H35F3N4O6S/c1-22(2)47-32(43)41-15-13-28(14-16-41)33(44,31(42)40-29-12-11-27(20-38)30(18-29)34(35,36)37)19-24-5-4-6-26(17-24)25-9-7-23(8-10-25)21-39-48(3,45)46/h4-12,17-18,28,39,44H,1,13-16,19,21H2,2-3H3,(H,40,42). The Morgan fingerprint density at radius 1 is 1.04 bits per heavy atom. The number of nitrogens with one attached hydrogen (secondary N) is 2. The zero-order valence-electron chi connectivity index (χ0n) is 26.3. The molecule has 1 aliphatic heterocycles. The van der Waals surface area contributed by atoms with Crippen LogP contribution in [0.5, 0.6) is 0 Å². The number of amides is 2. The fourth-order valence-electron chi connectivity index (χ4n) is 5.56. The first-order valence-corrected chi connectivity index (χ1v) is 16.8. The summed E-state index contributed by atoms with van der Waals surface area (Å²) in [6.07, 6.45) is -4.21. The Morgan fingerprint density at radius 2 is 1.71 bits per heavy atom. The number of piperidine rings is 1. The molecule has 2 amide bonds. The normalized spacial score (nSPS) is 15.2. The van der Waals surface area contributed by atoms with Gasteiger partial charge >= 0.3 is 12.3 Å². The number of benzene rings is 3. The van der Waals surface area contributed by atoms with Gasteiger partial charge in [-0.3, -0.25) is 4.79 Å². The number of nitriles is 1. The van der Waals surface area contributed by atoms with Gasteiger partial charge in [-0.2, -0.15) is 18.4 Å². The van der Waals surface area contributed by atoms with Crippen LogP contribution in [0.15, 0.2) is 79.1 Å². The number of sulfonamides is 1. The topological polar surface area (TPSA) is 149 Å². The highest BCUT2D eigenvalue weighted by atomic mass is 32.2. The number of hydrogen-bond acceptors (Lipinski definition) is 7. The van der Waals surface area contributed by atoms with E-state index in [-0.39, 0.29) is 50.3 Å². The SMILES string of the molecule is C=C(C)OC(=O)N1CCC(C(O)(Cc2cccc(-c3ccc(CNS(C)(=O)=O)cc3)c2)C(=O)Nc2ccc(C#N)c(C(F)(F)F)c2)CC1. The van der Waals surface area contributed by atoms with Crippen LogP contribution in [-0.2, 0) is 38.7 Å². The zero-order chi connectivity index (χ0) is 35.3. The van der Waals surface area contributed by atoms with Gasteiger partial charge in [-0.1, -0.05) is 55.1 Å². The van der Waals surface area contributed by atoms with Crippen LogP contribution in [0.2, 0.25) is 0 Å². The molecule has 0 bridgehead atoms. The predicted molar refractivity (Wildman–Crippen MR) is 173 cm³/mol. The minimum absolute atomic E-state index is 0.120. The van der Waals surface area contributed by atoms with Gasteiger partial charge in [0, 0.05) is 37.7 Å². The number of ether oxygens (including phenoxy) is 1. The Labute approximate surface area is 276 Å². The Balaban J connectivity index is 1.62. The number of anilines is 1. The third kappa shape index (κ3) is 9.21. The number of aliphatic hydroxyl groups is 1. The molecule has 4 rings (SSSR count). The molecule has 0 spiro atoms. The van der Waals surface area contributed by atoms with E-state index in [1.54, 1.807) is 42.5 Å². The van der Waals surface area contributed by atoms with E-state index >= 15 is 0 Å². The number of halogens is 3. The zero-order valence-corrected chi connectivity index (χ0v) is 27.1. The summed E-state index contributed by atoms with van der Waals surface area (Å²) in [5.74, 6) is -1.42. The van der Waals surface area contributed by atoms with Crippen molar-refractivity contribution in [1.29, 1.82) is 5.26 Å². The Kier molecular flexibility index (Phi) is 11.0. The number of rotatable bonds is 10. The van der Waals surface area contributed by atoms with Crippen molar-refractivity contribution >= 4 is 27.7 Å². The number of alkyl halides is 3. The molecule has 10 nitrogen and oxygen atoms in total. The molecule has 1 atom stereocenters. The van der Waals surface area contributed by atoms with E-state index in [2.05, 4.69) is 16.6 Å². The third-order valence-corrected chi connectivity index (χ3v) is 8.68. The lowest BCUT2D eigenvalue weighted by molar-refractivity contribution is -0.142. The molecule has 14 heteroatoms. The average molecular weight is 685 g/mol. The summed E-state index contributed by atoms with van der Waals surface area (Å²) in [5.41, 5.74) is -1.36. The smallest absolute Gasteiger partial charge is 0.416 e. The maximum absolute atomic E-state index is 13.9. The fraction of sp³-hybridized carbons (Fsp3) is 0.324. The molecular formula is C34H35F3N4O6S. The summed E-state index contributed by atoms with van der Waals surface area (Å²) in [6, 6.07) is 18.5. The number of nitrogens with zero attached hydrogens (tertiary/aromatic N) is 2. The monoisotopic (exact) mass is 684 g/mol. The minimum Gasteiger partial charge on any atom is -0.416 e. The largest absolute Gasteiger partial charge is 0.417 e. The first-order chi connectivity index (χ1) is 22.5. The van der Waals surface area contributed by atoms with E-state index in [4.69, 9.17) is 10.00 Å². The number of likely N-dealkylation sites (tertiary alicyclic amines) is 1. The molecule has 0 aromatic heterocycles. The summed E-state index contributed by atoms with van der Waals surface area (Å²) < 4.78 is 71.3. The summed E-state index contributed by atoms with van der Waals surface area (Å²) >= 11 is 0. The lowest BCUT2D eigenvalue weighted by Crippen LogP contribution is -2.54. The van der Waals surface area contributed by atoms with E-state index in [0.29, 0.717) is 11.6 Å². The number of carbonyl (C=O) groups excluding carboxylic acids is 2. The van der Waals surface area contributed by atoms with Crippen molar-refractivity contribution in [2.45, 2.75) is 44.5 Å². The number of allylic oxidation sites excluding steroid dienone is 1. The van der Waals surface area contributed by atoms with Crippen LogP contribution in [0.4, 0.5) is 23.7 Å². The second kappa shape index (κ2) is 14.6. The lowest BCUT2D eigenvalue weighted by atomic mass is 9.76. The van der Waals surface area contributed by atoms with Crippen LogP contribution < -0.4 is 10.0 Å². The van der Waals surface area contributed by atoms with Gasteiger partial charge in [-0.15, -0.1) is 0 Å². The summed E-state index contributed by atoms with van der Waals surface area (Å²) in [4.78, 5) is 27.7. The van der Waals surface area contributed by atoms with Crippen molar-refractivity contribution in [2.75, 3.05) is 24.7 Å².